The quantitative estimate of drug-likeness (QED) is 0.729. The first-order chi connectivity index (χ1) is 14.3. The molecule has 1 aliphatic carbocycles. The van der Waals surface area contributed by atoms with Crippen LogP contribution in [0.2, 0.25) is 0 Å². The molecular formula is C21H18F3N3O3. The first-order valence-electron chi connectivity index (χ1n) is 9.37. The lowest BCUT2D eigenvalue weighted by molar-refractivity contribution is -0.138. The highest BCUT2D eigenvalue weighted by molar-refractivity contribution is 5.67. The maximum absolute atomic E-state index is 12.9. The molecule has 30 heavy (non-hydrogen) atoms. The summed E-state index contributed by atoms with van der Waals surface area (Å²) in [5.41, 5.74) is 1.45. The normalized spacial score (nSPS) is 18.2. The van der Waals surface area contributed by atoms with E-state index in [1.807, 2.05) is 29.3 Å². The van der Waals surface area contributed by atoms with Gasteiger partial charge in [0.2, 0.25) is 0 Å². The summed E-state index contributed by atoms with van der Waals surface area (Å²) >= 11 is 0. The lowest BCUT2D eigenvalue weighted by Gasteiger charge is -2.22. The zero-order valence-corrected chi connectivity index (χ0v) is 15.8. The predicted octanol–water partition coefficient (Wildman–Crippen LogP) is 4.78. The van der Waals surface area contributed by atoms with Gasteiger partial charge in [-0.2, -0.15) is 18.2 Å². The Morgan fingerprint density at radius 2 is 2.17 bits per heavy atom. The maximum atomic E-state index is 12.9. The molecule has 2 heterocycles. The summed E-state index contributed by atoms with van der Waals surface area (Å²) in [6, 6.07) is 4.74. The number of benzene rings is 1. The van der Waals surface area contributed by atoms with E-state index < -0.39 is 17.7 Å². The van der Waals surface area contributed by atoms with Crippen molar-refractivity contribution in [3.05, 3.63) is 71.4 Å². The maximum Gasteiger partial charge on any atom is 0.416 e. The van der Waals surface area contributed by atoms with Crippen LogP contribution in [0.15, 0.2) is 64.5 Å². The molecule has 1 aromatic heterocycles. The summed E-state index contributed by atoms with van der Waals surface area (Å²) in [4.78, 5) is 17.1. The number of hydrogen-bond donors (Lipinski definition) is 1. The van der Waals surface area contributed by atoms with Gasteiger partial charge in [-0.25, -0.2) is 0 Å². The summed E-state index contributed by atoms with van der Waals surface area (Å²) < 4.78 is 44.0. The smallest absolute Gasteiger partial charge is 0.416 e. The number of fused-ring (bicyclic) bond motifs is 1. The highest BCUT2D eigenvalue weighted by atomic mass is 19.4. The zero-order valence-electron chi connectivity index (χ0n) is 15.8. The molecule has 0 bridgehead atoms. The van der Waals surface area contributed by atoms with Gasteiger partial charge in [0.1, 0.15) is 0 Å². The van der Waals surface area contributed by atoms with Crippen molar-refractivity contribution in [3.8, 4) is 11.5 Å². The summed E-state index contributed by atoms with van der Waals surface area (Å²) in [5.74, 6) is -0.397. The van der Waals surface area contributed by atoms with Crippen LogP contribution in [-0.4, -0.2) is 26.1 Å². The molecule has 2 aromatic rings. The van der Waals surface area contributed by atoms with Crippen molar-refractivity contribution in [2.24, 2.45) is 5.92 Å². The lowest BCUT2D eigenvalue weighted by Crippen LogP contribution is -2.18. The first kappa shape index (κ1) is 19.9. The van der Waals surface area contributed by atoms with Crippen molar-refractivity contribution in [3.63, 3.8) is 0 Å². The molecule has 0 spiro atoms. The standard InChI is InChI=1S/C21H18F3N3O3/c22-21(23,24)15-5-3-4-13(10-15)20-25-18(26-30-20)12-27-11-14(8-9-19(28)29)16-6-1-2-7-17(16)27/h1-5,7,10-11,16H,6,8-9,12H2,(H,28,29). The number of allylic oxidation sites excluding steroid dienone is 4. The molecule has 4 rings (SSSR count). The Kier molecular flexibility index (Phi) is 5.19. The Labute approximate surface area is 170 Å². The van der Waals surface area contributed by atoms with Crippen LogP contribution in [0.5, 0.6) is 0 Å². The van der Waals surface area contributed by atoms with Gasteiger partial charge < -0.3 is 14.5 Å². The van der Waals surface area contributed by atoms with Crippen LogP contribution < -0.4 is 0 Å². The molecule has 0 saturated heterocycles. The van der Waals surface area contributed by atoms with Gasteiger partial charge in [-0.05, 0) is 42.7 Å². The number of aliphatic carboxylic acids is 1. The average molecular weight is 417 g/mol. The van der Waals surface area contributed by atoms with E-state index in [9.17, 15) is 18.0 Å². The number of rotatable bonds is 6. The minimum atomic E-state index is -4.46. The molecule has 0 amide bonds. The Morgan fingerprint density at radius 1 is 1.33 bits per heavy atom. The van der Waals surface area contributed by atoms with Crippen LogP contribution in [0.25, 0.3) is 11.5 Å². The number of carbonyl (C=O) groups is 1. The van der Waals surface area contributed by atoms with Crippen LogP contribution in [-0.2, 0) is 17.5 Å². The van der Waals surface area contributed by atoms with Crippen LogP contribution in [0, 0.1) is 5.92 Å². The fraction of sp³-hybridized carbons (Fsp3) is 0.286. The van der Waals surface area contributed by atoms with E-state index in [4.69, 9.17) is 9.63 Å². The average Bonchev–Trinajstić information content (AvgIpc) is 3.31. The van der Waals surface area contributed by atoms with Gasteiger partial charge in [0.05, 0.1) is 12.1 Å². The van der Waals surface area contributed by atoms with Crippen molar-refractivity contribution in [2.45, 2.75) is 32.0 Å². The fourth-order valence-corrected chi connectivity index (χ4v) is 3.66. The van der Waals surface area contributed by atoms with E-state index >= 15 is 0 Å². The number of hydrogen-bond acceptors (Lipinski definition) is 5. The Bertz CT molecular complexity index is 1050. The van der Waals surface area contributed by atoms with Crippen LogP contribution >= 0.6 is 0 Å². The molecule has 1 N–H and O–H groups in total. The van der Waals surface area contributed by atoms with Gasteiger partial charge >= 0.3 is 12.1 Å². The van der Waals surface area contributed by atoms with Crippen molar-refractivity contribution in [2.75, 3.05) is 0 Å². The van der Waals surface area contributed by atoms with Gasteiger partial charge in [-0.1, -0.05) is 23.4 Å². The number of carboxylic acid groups (broad SMARTS) is 1. The van der Waals surface area contributed by atoms with Crippen molar-refractivity contribution in [1.82, 2.24) is 15.0 Å². The predicted molar refractivity (Wildman–Crippen MR) is 101 cm³/mol. The van der Waals surface area contributed by atoms with E-state index in [1.54, 1.807) is 0 Å². The molecule has 1 aliphatic heterocycles. The van der Waals surface area contributed by atoms with E-state index in [-0.39, 0.29) is 30.3 Å². The Balaban J connectivity index is 1.54. The molecule has 1 unspecified atom stereocenters. The number of carboxylic acids is 1. The monoisotopic (exact) mass is 417 g/mol. The Hall–Kier alpha value is -3.36. The SMILES string of the molecule is O=C(O)CCC1=CN(Cc2noc(-c3cccc(C(F)(F)F)c3)n2)C2=CC=CCC12. The summed E-state index contributed by atoms with van der Waals surface area (Å²) in [6.07, 6.45) is 4.68. The second kappa shape index (κ2) is 7.81. The summed E-state index contributed by atoms with van der Waals surface area (Å²) in [7, 11) is 0. The van der Waals surface area contributed by atoms with Gasteiger partial charge in [0.25, 0.3) is 5.89 Å². The number of aromatic nitrogens is 2. The van der Waals surface area contributed by atoms with Gasteiger partial charge in [0, 0.05) is 29.8 Å². The highest BCUT2D eigenvalue weighted by Gasteiger charge is 2.32. The second-order valence-electron chi connectivity index (χ2n) is 7.13. The molecule has 1 atom stereocenters. The van der Waals surface area contributed by atoms with Crippen molar-refractivity contribution < 1.29 is 27.6 Å². The minimum absolute atomic E-state index is 0.0134. The largest absolute Gasteiger partial charge is 0.481 e. The molecule has 6 nitrogen and oxygen atoms in total. The van der Waals surface area contributed by atoms with E-state index in [0.29, 0.717) is 12.2 Å². The number of halogens is 3. The fourth-order valence-electron chi connectivity index (χ4n) is 3.66. The molecule has 0 radical (unpaired) electrons. The van der Waals surface area contributed by atoms with Crippen LogP contribution in [0.1, 0.15) is 30.7 Å². The molecule has 9 heteroatoms. The van der Waals surface area contributed by atoms with E-state index in [2.05, 4.69) is 10.1 Å². The third-order valence-electron chi connectivity index (χ3n) is 5.08. The van der Waals surface area contributed by atoms with E-state index in [0.717, 1.165) is 29.8 Å². The molecular weight excluding hydrogens is 399 g/mol. The molecule has 2 aliphatic rings. The number of nitrogens with zero attached hydrogens (tertiary/aromatic N) is 3. The van der Waals surface area contributed by atoms with E-state index in [1.165, 1.54) is 12.1 Å². The number of alkyl halides is 3. The molecule has 0 fully saturated rings. The van der Waals surface area contributed by atoms with Crippen molar-refractivity contribution in [1.29, 1.82) is 0 Å². The second-order valence-corrected chi connectivity index (χ2v) is 7.13. The highest BCUT2D eigenvalue weighted by Crippen LogP contribution is 2.39. The van der Waals surface area contributed by atoms with Crippen molar-refractivity contribution >= 4 is 5.97 Å². The third-order valence-corrected chi connectivity index (χ3v) is 5.08. The summed E-state index contributed by atoms with van der Waals surface area (Å²) in [5, 5.41) is 12.9. The van der Waals surface area contributed by atoms with Gasteiger partial charge in [-0.15, -0.1) is 0 Å². The van der Waals surface area contributed by atoms with Gasteiger partial charge in [0.15, 0.2) is 5.82 Å². The topological polar surface area (TPSA) is 79.5 Å². The molecule has 0 saturated carbocycles. The summed E-state index contributed by atoms with van der Waals surface area (Å²) in [6.45, 7) is 0.273. The minimum Gasteiger partial charge on any atom is -0.481 e. The van der Waals surface area contributed by atoms with Crippen LogP contribution in [0.4, 0.5) is 13.2 Å². The van der Waals surface area contributed by atoms with Gasteiger partial charge in [-0.3, -0.25) is 4.79 Å². The van der Waals surface area contributed by atoms with Crippen LogP contribution in [0.3, 0.4) is 0 Å². The lowest BCUT2D eigenvalue weighted by atomic mass is 9.89. The molecule has 1 aromatic carbocycles. The Morgan fingerprint density at radius 3 is 2.93 bits per heavy atom. The third kappa shape index (κ3) is 4.14. The molecule has 156 valence electrons. The zero-order chi connectivity index (χ0) is 21.3. The first-order valence-corrected chi connectivity index (χ1v) is 9.37.